The Morgan fingerprint density at radius 2 is 0.959 bits per heavy atom. The van der Waals surface area contributed by atoms with Crippen molar-refractivity contribution in [1.29, 1.82) is 0 Å². The molecule has 0 bridgehead atoms. The van der Waals surface area contributed by atoms with Gasteiger partial charge in [-0.25, -0.2) is 9.97 Å². The maximum atomic E-state index is 13.3. The Kier molecular flexibility index (Phi) is 23.9. The van der Waals surface area contributed by atoms with Crippen molar-refractivity contribution >= 4 is 120 Å². The van der Waals surface area contributed by atoms with Crippen molar-refractivity contribution < 1.29 is 18.6 Å². The number of piperidine rings is 2. The van der Waals surface area contributed by atoms with Crippen LogP contribution in [0, 0.1) is 27.7 Å². The summed E-state index contributed by atoms with van der Waals surface area (Å²) in [5.41, 5.74) is 20.1. The number of benzene rings is 4. The van der Waals surface area contributed by atoms with Crippen LogP contribution in [0.4, 0.5) is 51.7 Å². The van der Waals surface area contributed by atoms with E-state index in [-0.39, 0.29) is 5.28 Å². The van der Waals surface area contributed by atoms with Gasteiger partial charge in [-0.2, -0.15) is 20.2 Å². The third-order valence-electron chi connectivity index (χ3n) is 19.1. The summed E-state index contributed by atoms with van der Waals surface area (Å²) in [5, 5.41) is 20.7. The fourth-order valence-electron chi connectivity index (χ4n) is 13.5. The highest BCUT2D eigenvalue weighted by Gasteiger charge is 2.32. The smallest absolute Gasteiger partial charge is 0.229 e. The number of aryl methyl sites for hydroxylation is 4. The molecular formula is C70H95Br2ClN18O4P2. The molecular weight excluding hydrogens is 1410 g/mol. The second-order valence-electron chi connectivity index (χ2n) is 26.7. The minimum Gasteiger partial charge on any atom is -0.495 e. The van der Waals surface area contributed by atoms with Gasteiger partial charge in [-0.1, -0.05) is 12.1 Å². The molecule has 0 aliphatic carbocycles. The number of nitrogens with two attached hydrogens (primary N) is 1. The number of aromatic nitrogens is 8. The van der Waals surface area contributed by atoms with E-state index >= 15 is 0 Å². The lowest BCUT2D eigenvalue weighted by molar-refractivity contribution is 0.0982. The molecule has 0 unspecified atom stereocenters. The van der Waals surface area contributed by atoms with Gasteiger partial charge >= 0.3 is 0 Å². The zero-order valence-corrected chi connectivity index (χ0v) is 64.3. The predicted molar refractivity (Wildman–Crippen MR) is 408 cm³/mol. The van der Waals surface area contributed by atoms with Crippen LogP contribution in [-0.2, 0) is 23.2 Å². The number of hydrogen-bond donors (Lipinski definition) is 4. The van der Waals surface area contributed by atoms with Gasteiger partial charge in [0.1, 0.15) is 37.4 Å². The Morgan fingerprint density at radius 3 is 1.38 bits per heavy atom. The summed E-state index contributed by atoms with van der Waals surface area (Å²) in [6.07, 6.45) is 15.9. The van der Waals surface area contributed by atoms with Crippen LogP contribution >= 0.6 is 57.7 Å². The fraction of sp³-hybridized carbons (Fsp3) is 0.457. The average molecular weight is 1510 g/mol. The summed E-state index contributed by atoms with van der Waals surface area (Å²) in [7, 11) is 6.66. The van der Waals surface area contributed by atoms with E-state index in [0.717, 1.165) is 149 Å². The number of hydrogen-bond acceptors (Lipinski definition) is 20. The number of nitrogens with one attached hydrogen (secondary N) is 3. The highest BCUT2D eigenvalue weighted by molar-refractivity contribution is 9.11. The molecule has 0 saturated carbocycles. The lowest BCUT2D eigenvalue weighted by Crippen LogP contribution is -2.52. The molecule has 5 N–H and O–H groups in total. The summed E-state index contributed by atoms with van der Waals surface area (Å²) < 4.78 is 42.5. The van der Waals surface area contributed by atoms with Crippen LogP contribution < -0.4 is 51.6 Å². The summed E-state index contributed by atoms with van der Waals surface area (Å²) in [6, 6.07) is 17.6. The average Bonchev–Trinajstić information content (AvgIpc) is 1.67. The van der Waals surface area contributed by atoms with Crippen LogP contribution in [0.25, 0.3) is 22.3 Å². The quantitative estimate of drug-likeness (QED) is 0.0401. The Balaban J connectivity index is 0.000000175. The standard InChI is InChI=1S/C35H47BrN9O2P.C21H32N6O.C14H16BrClN3OP/c1-23-8-9-29(33(24(23)2)48(6,7)46)39-34-28(36)21-37-35(41-34)40-30-18-27(25-20-38-43(4)22-25)31(19-32(30)47-5)45-12-10-26(11-13-45)44-16-14-42(3)15-17-44;1-24-8-10-26(11-9-24)17-4-6-27(7-5-17)20-13-21(28-3)19(22)12-18(20)16-14-23-25(2)15-16;1-8-5-6-11(12(9(8)2)21(3,4)20)18-13-10(15)7-17-14(16)19-13/h8-9,18-22,26H,10-17H2,1-7H3,(H2,37,39,40,41);12-15,17H,4-11,22H2,1-3H3;5-7H,1-4H3,(H,17,18,19). The van der Waals surface area contributed by atoms with Gasteiger partial charge in [-0.05, 0) is 184 Å². The summed E-state index contributed by atoms with van der Waals surface area (Å²) in [4.78, 5) is 32.6. The minimum atomic E-state index is -2.58. The first-order chi connectivity index (χ1) is 46.1. The van der Waals surface area contributed by atoms with Crippen LogP contribution in [0.3, 0.4) is 0 Å². The van der Waals surface area contributed by atoms with Crippen molar-refractivity contribution in [3.05, 3.63) is 122 Å². The summed E-state index contributed by atoms with van der Waals surface area (Å²) in [6.45, 7) is 28.6. The van der Waals surface area contributed by atoms with Gasteiger partial charge in [-0.15, -0.1) is 0 Å². The molecule has 12 rings (SSSR count). The largest absolute Gasteiger partial charge is 0.495 e. The Bertz CT molecular complexity index is 4170. The zero-order valence-electron chi connectivity index (χ0n) is 58.6. The molecule has 97 heavy (non-hydrogen) atoms. The van der Waals surface area contributed by atoms with Crippen molar-refractivity contribution in [2.24, 2.45) is 14.1 Å². The zero-order chi connectivity index (χ0) is 69.6. The van der Waals surface area contributed by atoms with E-state index in [1.165, 1.54) is 44.7 Å². The first-order valence-corrected chi connectivity index (χ1v) is 40.2. The van der Waals surface area contributed by atoms with E-state index in [1.807, 2.05) is 106 Å². The molecule has 4 aromatic heterocycles. The van der Waals surface area contributed by atoms with Gasteiger partial charge in [0.15, 0.2) is 0 Å². The molecule has 8 heterocycles. The number of halogens is 3. The molecule has 0 amide bonds. The predicted octanol–water partition coefficient (Wildman–Crippen LogP) is 12.6. The SMILES string of the molecule is COc1cc(N2CCC(N3CCN(C)CC3)CC2)c(-c2cnn(C)c2)cc1N.COc1cc(N2CCC(N3CCN(C)CC3)CC2)c(-c2cnn(C)c2)cc1Nc1ncc(Br)c(Nc2ccc(C)c(C)c2P(C)(C)=O)n1.Cc1ccc(Nc2nc(Cl)ncc2Br)c(P(C)(C)=O)c1C. The maximum Gasteiger partial charge on any atom is 0.229 e. The highest BCUT2D eigenvalue weighted by Crippen LogP contribution is 2.45. The normalized spacial score (nSPS) is 16.5. The Morgan fingerprint density at radius 1 is 0.536 bits per heavy atom. The van der Waals surface area contributed by atoms with E-state index in [1.54, 1.807) is 53.3 Å². The Hall–Kier alpha value is -6.59. The molecule has 4 fully saturated rings. The molecule has 4 aromatic carbocycles. The van der Waals surface area contributed by atoms with Crippen LogP contribution in [0.5, 0.6) is 11.5 Å². The first-order valence-electron chi connectivity index (χ1n) is 33.0. The second-order valence-corrected chi connectivity index (χ2v) is 35.1. The van der Waals surface area contributed by atoms with Gasteiger partial charge in [0.25, 0.3) is 0 Å². The van der Waals surface area contributed by atoms with E-state index in [9.17, 15) is 9.13 Å². The maximum absolute atomic E-state index is 13.3. The van der Waals surface area contributed by atoms with Crippen molar-refractivity contribution in [3.63, 3.8) is 0 Å². The number of anilines is 9. The van der Waals surface area contributed by atoms with Gasteiger partial charge < -0.3 is 59.9 Å². The first kappa shape index (κ1) is 73.1. The van der Waals surface area contributed by atoms with Crippen molar-refractivity contribution in [3.8, 4) is 33.8 Å². The van der Waals surface area contributed by atoms with Crippen molar-refractivity contribution in [2.45, 2.75) is 65.5 Å². The van der Waals surface area contributed by atoms with Gasteiger partial charge in [0.05, 0.1) is 58.3 Å². The lowest BCUT2D eigenvalue weighted by atomic mass is 9.98. The number of likely N-dealkylation sites (N-methyl/N-ethyl adjacent to an activating group) is 2. The van der Waals surface area contributed by atoms with Crippen LogP contribution in [0.15, 0.2) is 94.7 Å². The fourth-order valence-corrected chi connectivity index (χ4v) is 17.6. The highest BCUT2D eigenvalue weighted by atomic mass is 79.9. The number of ether oxygens (including phenoxy) is 2. The van der Waals surface area contributed by atoms with Crippen LogP contribution in [0.1, 0.15) is 47.9 Å². The third-order valence-corrected chi connectivity index (χ3v) is 23.8. The molecule has 22 nitrogen and oxygen atoms in total. The summed E-state index contributed by atoms with van der Waals surface area (Å²) >= 11 is 12.8. The minimum absolute atomic E-state index is 0.155. The van der Waals surface area contributed by atoms with Crippen LogP contribution in [0.2, 0.25) is 5.28 Å². The monoisotopic (exact) mass is 1510 g/mol. The molecule has 8 aromatic rings. The lowest BCUT2D eigenvalue weighted by Gasteiger charge is -2.43. The van der Waals surface area contributed by atoms with E-state index in [2.05, 4.69) is 135 Å². The molecule has 0 atom stereocenters. The number of nitrogens with zero attached hydrogens (tertiary/aromatic N) is 14. The van der Waals surface area contributed by atoms with Gasteiger partial charge in [-0.3, -0.25) is 19.2 Å². The van der Waals surface area contributed by atoms with Gasteiger partial charge in [0.2, 0.25) is 11.2 Å². The Labute approximate surface area is 594 Å². The molecule has 4 aliphatic rings. The number of piperazine rings is 2. The second kappa shape index (κ2) is 31.7. The van der Waals surface area contributed by atoms with Crippen LogP contribution in [-0.4, -0.2) is 205 Å². The molecule has 27 heteroatoms. The summed E-state index contributed by atoms with van der Waals surface area (Å²) in [5.74, 6) is 2.96. The molecule has 0 spiro atoms. The van der Waals surface area contributed by atoms with E-state index in [4.69, 9.17) is 31.8 Å². The third kappa shape index (κ3) is 17.9. The van der Waals surface area contributed by atoms with Crippen molar-refractivity contribution in [1.82, 2.24) is 59.1 Å². The number of nitrogen functional groups attached to an aromatic ring is 1. The van der Waals surface area contributed by atoms with Gasteiger partial charge in [0, 0.05) is 186 Å². The van der Waals surface area contributed by atoms with E-state index < -0.39 is 14.3 Å². The molecule has 520 valence electrons. The topological polar surface area (TPSA) is 221 Å². The van der Waals surface area contributed by atoms with E-state index in [0.29, 0.717) is 50.1 Å². The number of rotatable bonds is 16. The van der Waals surface area contributed by atoms with Crippen molar-refractivity contribution in [2.75, 3.05) is 165 Å². The molecule has 0 radical (unpaired) electrons. The number of methoxy groups -OCH3 is 2. The molecule has 4 saturated heterocycles. The molecule has 4 aliphatic heterocycles.